The van der Waals surface area contributed by atoms with Crippen LogP contribution in [0.3, 0.4) is 0 Å². The summed E-state index contributed by atoms with van der Waals surface area (Å²) in [5.41, 5.74) is 0. The van der Waals surface area contributed by atoms with E-state index in [9.17, 15) is 0 Å². The molecule has 0 aliphatic carbocycles. The van der Waals surface area contributed by atoms with Gasteiger partial charge in [0.2, 0.25) is 0 Å². The van der Waals surface area contributed by atoms with E-state index in [1.54, 1.807) is 0 Å². The summed E-state index contributed by atoms with van der Waals surface area (Å²) in [5.74, 6) is 0. The standard InChI is InChI=1S/C6H15P2.Mo/c1-7(2)5-6-8(3)4;/h5H,6H2,1-4H3;/q-1;. The first-order valence-electron chi connectivity index (χ1n) is 2.77. The molecule has 0 spiro atoms. The van der Waals surface area contributed by atoms with Crippen molar-refractivity contribution >= 4 is 15.8 Å². The molecule has 0 radical (unpaired) electrons. The van der Waals surface area contributed by atoms with E-state index >= 15 is 0 Å². The average Bonchev–Trinajstić information content (AvgIpc) is 1.61. The second-order valence-corrected chi connectivity index (χ2v) is 7.23. The molecule has 0 N–H and O–H groups in total. The molecule has 0 aromatic carbocycles. The topological polar surface area (TPSA) is 0 Å². The molecule has 0 heterocycles. The Hall–Kier alpha value is 1.55. The van der Waals surface area contributed by atoms with Crippen LogP contribution in [0.25, 0.3) is 0 Å². The van der Waals surface area contributed by atoms with Gasteiger partial charge in [0.05, 0.1) is 0 Å². The van der Waals surface area contributed by atoms with E-state index in [0.717, 1.165) is 0 Å². The zero-order valence-electron chi connectivity index (χ0n) is 6.59. The van der Waals surface area contributed by atoms with Crippen LogP contribution in [0.5, 0.6) is 0 Å². The van der Waals surface area contributed by atoms with Crippen molar-refractivity contribution in [1.82, 2.24) is 0 Å². The Morgan fingerprint density at radius 2 is 1.56 bits per heavy atom. The maximum absolute atomic E-state index is 2.46. The summed E-state index contributed by atoms with van der Waals surface area (Å²) in [7, 11) is 0.586. The van der Waals surface area contributed by atoms with Crippen LogP contribution in [0, 0.1) is 6.16 Å². The zero-order chi connectivity index (χ0) is 6.57. The van der Waals surface area contributed by atoms with E-state index in [-0.39, 0.29) is 29.0 Å². The van der Waals surface area contributed by atoms with Crippen LogP contribution in [0.4, 0.5) is 0 Å². The van der Waals surface area contributed by atoms with Crippen molar-refractivity contribution in [2.24, 2.45) is 0 Å². The average molecular weight is 245 g/mol. The molecule has 0 saturated carbocycles. The molecule has 0 aliphatic rings. The summed E-state index contributed by atoms with van der Waals surface area (Å²) in [6.07, 6.45) is 3.81. The molecule has 0 aromatic heterocycles. The van der Waals surface area contributed by atoms with Crippen molar-refractivity contribution in [3.8, 4) is 0 Å². The van der Waals surface area contributed by atoms with Gasteiger partial charge in [0.1, 0.15) is 0 Å². The van der Waals surface area contributed by atoms with Gasteiger partial charge in [-0.15, -0.1) is 7.92 Å². The van der Waals surface area contributed by atoms with Gasteiger partial charge in [-0.05, 0) is 13.3 Å². The Balaban J connectivity index is 0. The zero-order valence-corrected chi connectivity index (χ0v) is 10.4. The summed E-state index contributed by atoms with van der Waals surface area (Å²) in [6.45, 7) is 9.25. The molecule has 0 aromatic rings. The SMILES string of the molecule is CP(C)[CH-]CP(C)C.[Mo]. The molecule has 0 amide bonds. The third-order valence-electron chi connectivity index (χ3n) is 0.812. The van der Waals surface area contributed by atoms with Gasteiger partial charge in [0.25, 0.3) is 0 Å². The van der Waals surface area contributed by atoms with Gasteiger partial charge in [-0.3, -0.25) is 14.1 Å². The van der Waals surface area contributed by atoms with Gasteiger partial charge in [-0.25, -0.2) is 0 Å². The summed E-state index contributed by atoms with van der Waals surface area (Å²) in [4.78, 5) is 0. The fourth-order valence-corrected chi connectivity index (χ4v) is 2.94. The van der Waals surface area contributed by atoms with Crippen molar-refractivity contribution in [3.63, 3.8) is 0 Å². The fraction of sp³-hybridized carbons (Fsp3) is 0.833. The Morgan fingerprint density at radius 1 is 1.11 bits per heavy atom. The van der Waals surface area contributed by atoms with Crippen molar-refractivity contribution in [2.45, 2.75) is 0 Å². The van der Waals surface area contributed by atoms with Crippen molar-refractivity contribution < 1.29 is 21.1 Å². The van der Waals surface area contributed by atoms with Crippen molar-refractivity contribution in [1.29, 1.82) is 0 Å². The van der Waals surface area contributed by atoms with Gasteiger partial charge in [-0.1, -0.05) is 13.3 Å². The van der Waals surface area contributed by atoms with Crippen LogP contribution < -0.4 is 0 Å². The van der Waals surface area contributed by atoms with Crippen LogP contribution in [0.1, 0.15) is 0 Å². The predicted molar refractivity (Wildman–Crippen MR) is 46.7 cm³/mol. The van der Waals surface area contributed by atoms with E-state index in [2.05, 4.69) is 32.8 Å². The van der Waals surface area contributed by atoms with Crippen LogP contribution >= 0.6 is 15.8 Å². The molecule has 56 valence electrons. The summed E-state index contributed by atoms with van der Waals surface area (Å²) >= 11 is 0. The van der Waals surface area contributed by atoms with Crippen LogP contribution in [0.2, 0.25) is 0 Å². The van der Waals surface area contributed by atoms with Crippen LogP contribution in [-0.2, 0) is 21.1 Å². The second kappa shape index (κ2) is 7.65. The molecule has 0 bridgehead atoms. The minimum atomic E-state index is 0. The molecular weight excluding hydrogens is 230 g/mol. The molecule has 0 nitrogen and oxygen atoms in total. The molecule has 3 heteroatoms. The summed E-state index contributed by atoms with van der Waals surface area (Å²) in [5, 5.41) is 0. The van der Waals surface area contributed by atoms with Crippen LogP contribution in [0.15, 0.2) is 0 Å². The number of hydrogen-bond acceptors (Lipinski definition) is 0. The molecular formula is C6H15MoP2-. The Labute approximate surface area is 76.0 Å². The van der Waals surface area contributed by atoms with Gasteiger partial charge < -0.3 is 0 Å². The van der Waals surface area contributed by atoms with E-state index in [1.807, 2.05) is 0 Å². The minimum absolute atomic E-state index is 0. The van der Waals surface area contributed by atoms with E-state index in [0.29, 0.717) is 7.92 Å². The number of rotatable bonds is 3. The van der Waals surface area contributed by atoms with Gasteiger partial charge in [0, 0.05) is 21.1 Å². The number of hydrogen-bond donors (Lipinski definition) is 0. The summed E-state index contributed by atoms with van der Waals surface area (Å²) < 4.78 is 0. The first kappa shape index (κ1) is 13.2. The fourth-order valence-electron chi connectivity index (χ4n) is 0.327. The molecule has 0 rings (SSSR count). The predicted octanol–water partition coefficient (Wildman–Crippen LogP) is 2.63. The van der Waals surface area contributed by atoms with E-state index in [4.69, 9.17) is 0 Å². The van der Waals surface area contributed by atoms with Crippen molar-refractivity contribution in [3.05, 3.63) is 6.16 Å². The smallest absolute Gasteiger partial charge is 0 e. The largest absolute Gasteiger partial charge is 0.299 e. The second-order valence-electron chi connectivity index (χ2n) is 2.41. The van der Waals surface area contributed by atoms with E-state index < -0.39 is 0 Å². The normalized spacial score (nSPS) is 10.0. The van der Waals surface area contributed by atoms with Gasteiger partial charge in [0.15, 0.2) is 0 Å². The minimum Gasteiger partial charge on any atom is -0.299 e. The van der Waals surface area contributed by atoms with E-state index in [1.165, 1.54) is 6.16 Å². The van der Waals surface area contributed by atoms with Crippen molar-refractivity contribution in [2.75, 3.05) is 32.8 Å². The Kier molecular flexibility index (Phi) is 11.2. The summed E-state index contributed by atoms with van der Waals surface area (Å²) in [6, 6.07) is 0. The quantitative estimate of drug-likeness (QED) is 0.407. The molecule has 0 fully saturated rings. The maximum atomic E-state index is 2.46. The van der Waals surface area contributed by atoms with Gasteiger partial charge in [-0.2, -0.15) is 6.16 Å². The Bertz CT molecular complexity index is 47.0. The molecule has 0 unspecified atom stereocenters. The molecule has 0 aliphatic heterocycles. The Morgan fingerprint density at radius 3 is 1.67 bits per heavy atom. The first-order valence-corrected chi connectivity index (χ1v) is 7.50. The molecule has 9 heavy (non-hydrogen) atoms. The maximum Gasteiger partial charge on any atom is 0 e. The first-order chi connectivity index (χ1) is 3.63. The van der Waals surface area contributed by atoms with Gasteiger partial charge >= 0.3 is 0 Å². The third kappa shape index (κ3) is 12.7. The van der Waals surface area contributed by atoms with Crippen LogP contribution in [-0.4, -0.2) is 32.8 Å². The third-order valence-corrected chi connectivity index (χ3v) is 2.93. The molecule has 0 saturated heterocycles. The molecule has 0 atom stereocenters. The monoisotopic (exact) mass is 247 g/mol.